The van der Waals surface area contributed by atoms with Crippen molar-refractivity contribution in [2.75, 3.05) is 13.6 Å². The van der Waals surface area contributed by atoms with Crippen LogP contribution in [-0.2, 0) is 9.59 Å². The van der Waals surface area contributed by atoms with E-state index in [1.165, 1.54) is 14.0 Å². The van der Waals surface area contributed by atoms with Gasteiger partial charge in [0, 0.05) is 36.5 Å². The lowest BCUT2D eigenvalue weighted by Crippen LogP contribution is -2.42. The summed E-state index contributed by atoms with van der Waals surface area (Å²) in [4.78, 5) is 50.9. The van der Waals surface area contributed by atoms with Gasteiger partial charge < -0.3 is 10.0 Å². The Labute approximate surface area is 156 Å². The molecule has 1 N–H and O–H groups in total. The van der Waals surface area contributed by atoms with E-state index in [4.69, 9.17) is 5.11 Å². The zero-order valence-corrected chi connectivity index (χ0v) is 15.1. The van der Waals surface area contributed by atoms with Gasteiger partial charge in [0.1, 0.15) is 6.04 Å². The molecule has 1 heterocycles. The van der Waals surface area contributed by atoms with Gasteiger partial charge >= 0.3 is 5.97 Å². The van der Waals surface area contributed by atoms with E-state index in [1.807, 2.05) is 12.1 Å². The van der Waals surface area contributed by atoms with Crippen molar-refractivity contribution < 1.29 is 24.3 Å². The normalized spacial score (nSPS) is 14.4. The molecule has 3 amide bonds. The van der Waals surface area contributed by atoms with Crippen molar-refractivity contribution >= 4 is 34.5 Å². The molecule has 0 fully saturated rings. The maximum atomic E-state index is 12.8. The highest BCUT2D eigenvalue weighted by Gasteiger charge is 2.32. The zero-order chi connectivity index (χ0) is 19.7. The average Bonchev–Trinajstić information content (AvgIpc) is 2.67. The standard InChI is InChI=1S/C20H20N2O5/c1-12(20(26)27)21(2)16(23)10-5-11-22-18(24)14-8-3-6-13-7-4-9-15(17(13)14)19(22)25/h3-4,6-9,12H,5,10-11H2,1-2H3,(H,26,27). The Hall–Kier alpha value is -3.22. The van der Waals surface area contributed by atoms with Crippen LogP contribution in [-0.4, -0.2) is 58.2 Å². The van der Waals surface area contributed by atoms with Crippen molar-refractivity contribution in [2.45, 2.75) is 25.8 Å². The molecule has 1 unspecified atom stereocenters. The number of carboxylic acids is 1. The van der Waals surface area contributed by atoms with Gasteiger partial charge in [0.25, 0.3) is 11.8 Å². The number of rotatable bonds is 6. The lowest BCUT2D eigenvalue weighted by molar-refractivity contribution is -0.148. The Balaban J connectivity index is 1.72. The van der Waals surface area contributed by atoms with Crippen molar-refractivity contribution in [3.8, 4) is 0 Å². The molecule has 0 saturated heterocycles. The summed E-state index contributed by atoms with van der Waals surface area (Å²) in [5, 5.41) is 10.5. The van der Waals surface area contributed by atoms with Gasteiger partial charge in [-0.2, -0.15) is 0 Å². The summed E-state index contributed by atoms with van der Waals surface area (Å²) < 4.78 is 0. The molecule has 1 atom stereocenters. The van der Waals surface area contributed by atoms with Gasteiger partial charge in [-0.15, -0.1) is 0 Å². The quantitative estimate of drug-likeness (QED) is 0.789. The number of imide groups is 1. The first-order chi connectivity index (χ1) is 12.8. The monoisotopic (exact) mass is 368 g/mol. The van der Waals surface area contributed by atoms with Crippen molar-refractivity contribution in [1.82, 2.24) is 9.80 Å². The van der Waals surface area contributed by atoms with Crippen molar-refractivity contribution in [3.05, 3.63) is 47.5 Å². The number of likely N-dealkylation sites (N-methyl/N-ethyl adjacent to an activating group) is 1. The first-order valence-electron chi connectivity index (χ1n) is 8.69. The fraction of sp³-hybridized carbons (Fsp3) is 0.300. The van der Waals surface area contributed by atoms with Crippen molar-refractivity contribution in [3.63, 3.8) is 0 Å². The van der Waals surface area contributed by atoms with Gasteiger partial charge in [-0.25, -0.2) is 4.79 Å². The topological polar surface area (TPSA) is 95.0 Å². The van der Waals surface area contributed by atoms with Crippen LogP contribution in [0.5, 0.6) is 0 Å². The van der Waals surface area contributed by atoms with Crippen LogP contribution in [0.4, 0.5) is 0 Å². The molecular weight excluding hydrogens is 348 g/mol. The third-order valence-corrected chi connectivity index (χ3v) is 4.96. The predicted molar refractivity (Wildman–Crippen MR) is 98.4 cm³/mol. The Morgan fingerprint density at radius 2 is 1.63 bits per heavy atom. The van der Waals surface area contributed by atoms with Crippen LogP contribution in [0.1, 0.15) is 40.5 Å². The zero-order valence-electron chi connectivity index (χ0n) is 15.1. The largest absolute Gasteiger partial charge is 0.480 e. The number of carbonyl (C=O) groups excluding carboxylic acids is 3. The molecule has 2 aromatic rings. The van der Waals surface area contributed by atoms with Gasteiger partial charge in [-0.05, 0) is 30.9 Å². The third-order valence-electron chi connectivity index (χ3n) is 4.96. The SMILES string of the molecule is CC(C(=O)O)N(C)C(=O)CCCN1C(=O)c2cccc3cccc(c23)C1=O. The molecule has 2 aromatic carbocycles. The van der Waals surface area contributed by atoms with E-state index in [1.54, 1.807) is 24.3 Å². The highest BCUT2D eigenvalue weighted by molar-refractivity contribution is 6.25. The second kappa shape index (κ2) is 7.19. The van der Waals surface area contributed by atoms with Crippen LogP contribution in [0.15, 0.2) is 36.4 Å². The Morgan fingerprint density at radius 1 is 1.07 bits per heavy atom. The molecule has 0 aromatic heterocycles. The van der Waals surface area contributed by atoms with Crippen LogP contribution in [0, 0.1) is 0 Å². The molecule has 7 heteroatoms. The van der Waals surface area contributed by atoms with E-state index in [9.17, 15) is 19.2 Å². The van der Waals surface area contributed by atoms with Gasteiger partial charge in [0.2, 0.25) is 5.91 Å². The Morgan fingerprint density at radius 3 is 2.15 bits per heavy atom. The van der Waals surface area contributed by atoms with Gasteiger partial charge in [0.05, 0.1) is 0 Å². The Kier molecular flexibility index (Phi) is 4.94. The van der Waals surface area contributed by atoms with E-state index in [-0.39, 0.29) is 37.1 Å². The number of nitrogens with zero attached hydrogens (tertiary/aromatic N) is 2. The summed E-state index contributed by atoms with van der Waals surface area (Å²) >= 11 is 0. The number of amides is 3. The van der Waals surface area contributed by atoms with E-state index >= 15 is 0 Å². The second-order valence-corrected chi connectivity index (χ2v) is 6.59. The molecule has 0 radical (unpaired) electrons. The molecule has 1 aliphatic heterocycles. The van der Waals surface area contributed by atoms with E-state index in [2.05, 4.69) is 0 Å². The fourth-order valence-electron chi connectivity index (χ4n) is 3.23. The van der Waals surface area contributed by atoms with Gasteiger partial charge in [-0.3, -0.25) is 19.3 Å². The fourth-order valence-corrected chi connectivity index (χ4v) is 3.23. The molecule has 140 valence electrons. The lowest BCUT2D eigenvalue weighted by Gasteiger charge is -2.27. The molecule has 0 bridgehead atoms. The number of hydrogen-bond donors (Lipinski definition) is 1. The molecule has 1 aliphatic rings. The van der Waals surface area contributed by atoms with Crippen molar-refractivity contribution in [2.24, 2.45) is 0 Å². The second-order valence-electron chi connectivity index (χ2n) is 6.59. The minimum atomic E-state index is -1.09. The third kappa shape index (κ3) is 3.28. The summed E-state index contributed by atoms with van der Waals surface area (Å²) in [6.07, 6.45) is 0.322. The first kappa shape index (κ1) is 18.6. The number of carbonyl (C=O) groups is 4. The van der Waals surface area contributed by atoms with Gasteiger partial charge in [0.15, 0.2) is 0 Å². The first-order valence-corrected chi connectivity index (χ1v) is 8.69. The van der Waals surface area contributed by atoms with Crippen LogP contribution in [0.3, 0.4) is 0 Å². The number of benzene rings is 2. The number of aliphatic carboxylic acids is 1. The highest BCUT2D eigenvalue weighted by atomic mass is 16.4. The molecule has 0 aliphatic carbocycles. The summed E-state index contributed by atoms with van der Waals surface area (Å²) in [6, 6.07) is 9.73. The summed E-state index contributed by atoms with van der Waals surface area (Å²) in [5.74, 6) is -2.17. The predicted octanol–water partition coefficient (Wildman–Crippen LogP) is 2.15. The van der Waals surface area contributed by atoms with Crippen molar-refractivity contribution in [1.29, 1.82) is 0 Å². The molecular formula is C20H20N2O5. The smallest absolute Gasteiger partial charge is 0.326 e. The minimum absolute atomic E-state index is 0.0526. The van der Waals surface area contributed by atoms with E-state index < -0.39 is 12.0 Å². The van der Waals surface area contributed by atoms with Crippen LogP contribution < -0.4 is 0 Å². The lowest BCUT2D eigenvalue weighted by atomic mass is 9.94. The molecule has 3 rings (SSSR count). The Bertz CT molecular complexity index is 902. The minimum Gasteiger partial charge on any atom is -0.480 e. The average molecular weight is 368 g/mol. The summed E-state index contributed by atoms with van der Waals surface area (Å²) in [7, 11) is 1.43. The molecule has 7 nitrogen and oxygen atoms in total. The van der Waals surface area contributed by atoms with Crippen LogP contribution >= 0.6 is 0 Å². The number of hydrogen-bond acceptors (Lipinski definition) is 4. The highest BCUT2D eigenvalue weighted by Crippen LogP contribution is 2.30. The number of carboxylic acid groups (broad SMARTS) is 1. The molecule has 0 saturated carbocycles. The van der Waals surface area contributed by atoms with Gasteiger partial charge in [-0.1, -0.05) is 24.3 Å². The molecule has 0 spiro atoms. The maximum absolute atomic E-state index is 12.8. The van der Waals surface area contributed by atoms with E-state index in [0.29, 0.717) is 16.5 Å². The van der Waals surface area contributed by atoms with E-state index in [0.717, 1.165) is 15.2 Å². The summed E-state index contributed by atoms with van der Waals surface area (Å²) in [6.45, 7) is 1.53. The molecule has 27 heavy (non-hydrogen) atoms. The summed E-state index contributed by atoms with van der Waals surface area (Å²) in [5.41, 5.74) is 0.955. The van der Waals surface area contributed by atoms with Crippen LogP contribution in [0.2, 0.25) is 0 Å². The van der Waals surface area contributed by atoms with Crippen LogP contribution in [0.25, 0.3) is 10.8 Å². The maximum Gasteiger partial charge on any atom is 0.326 e.